The average molecular weight is 528 g/mol. The molecule has 38 heavy (non-hydrogen) atoms. The van der Waals surface area contributed by atoms with Crippen molar-refractivity contribution in [2.45, 2.75) is 58.8 Å². The van der Waals surface area contributed by atoms with Crippen molar-refractivity contribution in [2.75, 3.05) is 26.8 Å². The van der Waals surface area contributed by atoms with Crippen LogP contribution in [0.5, 0.6) is 0 Å². The zero-order chi connectivity index (χ0) is 27.8. The number of ether oxygens (including phenoxy) is 1. The lowest BCUT2D eigenvalue weighted by atomic mass is 10.0. The third-order valence-corrected chi connectivity index (χ3v) is 6.30. The van der Waals surface area contributed by atoms with Crippen molar-refractivity contribution in [3.05, 3.63) is 47.5 Å². The summed E-state index contributed by atoms with van der Waals surface area (Å²) < 4.78 is 6.47. The lowest BCUT2D eigenvalue weighted by Gasteiger charge is -2.31. The van der Waals surface area contributed by atoms with E-state index in [1.807, 2.05) is 44.2 Å². The first-order valence-electron chi connectivity index (χ1n) is 12.7. The van der Waals surface area contributed by atoms with Crippen molar-refractivity contribution >= 4 is 23.6 Å². The Labute approximate surface area is 222 Å². The van der Waals surface area contributed by atoms with Crippen LogP contribution in [-0.4, -0.2) is 82.2 Å². The predicted octanol–water partition coefficient (Wildman–Crippen LogP) is 0.121. The summed E-state index contributed by atoms with van der Waals surface area (Å²) in [4.78, 5) is 57.9. The number of fused-ring (bicyclic) bond motifs is 1. The lowest BCUT2D eigenvalue weighted by molar-refractivity contribution is -0.140. The summed E-state index contributed by atoms with van der Waals surface area (Å²) in [6, 6.07) is 7.65. The van der Waals surface area contributed by atoms with Gasteiger partial charge in [0.2, 0.25) is 23.6 Å². The van der Waals surface area contributed by atoms with Gasteiger partial charge in [0.05, 0.1) is 12.6 Å². The molecular formula is C26H37N7O5. The number of hydrogen-bond donors (Lipinski definition) is 3. The number of rotatable bonds is 5. The number of nitrogens with zero attached hydrogens (tertiary/aromatic N) is 4. The fraction of sp³-hybridized carbons (Fsp3) is 0.538. The molecule has 1 aromatic heterocycles. The van der Waals surface area contributed by atoms with Gasteiger partial charge in [-0.2, -0.15) is 5.10 Å². The van der Waals surface area contributed by atoms with Crippen LogP contribution in [0.15, 0.2) is 30.3 Å². The van der Waals surface area contributed by atoms with Gasteiger partial charge in [0.25, 0.3) is 0 Å². The maximum atomic E-state index is 13.3. The van der Waals surface area contributed by atoms with E-state index < -0.39 is 35.8 Å². The molecule has 3 rings (SSSR count). The third kappa shape index (κ3) is 7.85. The Bertz CT molecular complexity index is 1130. The second kappa shape index (κ2) is 13.1. The Kier molecular flexibility index (Phi) is 9.94. The van der Waals surface area contributed by atoms with Crippen LogP contribution in [0.25, 0.3) is 0 Å². The SMILES string of the molecule is COCC(=O)N1CC(=O)N[C@@H](Cc2ccccc2)c2nc(C)nn2CC(=O)N[C@H](C)C(=O)N[C@@H](C(C)C)C1. The van der Waals surface area contributed by atoms with Crippen molar-refractivity contribution in [2.24, 2.45) is 5.92 Å². The molecule has 206 valence electrons. The number of amides is 4. The third-order valence-electron chi connectivity index (χ3n) is 6.30. The number of benzene rings is 1. The van der Waals surface area contributed by atoms with Gasteiger partial charge in [-0.25, -0.2) is 9.67 Å². The monoisotopic (exact) mass is 527 g/mol. The Morgan fingerprint density at radius 3 is 2.42 bits per heavy atom. The number of methoxy groups -OCH3 is 1. The lowest BCUT2D eigenvalue weighted by Crippen LogP contribution is -2.55. The number of carbonyl (C=O) groups excluding carboxylic acids is 4. The zero-order valence-corrected chi connectivity index (χ0v) is 22.6. The Balaban J connectivity index is 2.01. The van der Waals surface area contributed by atoms with E-state index in [-0.39, 0.29) is 38.1 Å². The number of hydrogen-bond acceptors (Lipinski definition) is 7. The van der Waals surface area contributed by atoms with Crippen molar-refractivity contribution < 1.29 is 23.9 Å². The molecular weight excluding hydrogens is 490 g/mol. The van der Waals surface area contributed by atoms with E-state index in [0.717, 1.165) is 5.56 Å². The molecule has 2 heterocycles. The average Bonchev–Trinajstić information content (AvgIpc) is 3.22. The van der Waals surface area contributed by atoms with Gasteiger partial charge in [0, 0.05) is 19.7 Å². The van der Waals surface area contributed by atoms with E-state index in [1.54, 1.807) is 13.8 Å². The van der Waals surface area contributed by atoms with Gasteiger partial charge in [-0.05, 0) is 31.7 Å². The maximum absolute atomic E-state index is 13.3. The highest BCUT2D eigenvalue weighted by Crippen LogP contribution is 2.18. The molecule has 0 unspecified atom stereocenters. The first-order valence-corrected chi connectivity index (χ1v) is 12.7. The molecule has 0 saturated heterocycles. The fourth-order valence-electron chi connectivity index (χ4n) is 4.24. The zero-order valence-electron chi connectivity index (χ0n) is 22.6. The molecule has 0 saturated carbocycles. The summed E-state index contributed by atoms with van der Waals surface area (Å²) in [5.74, 6) is -0.832. The van der Waals surface area contributed by atoms with Gasteiger partial charge in [-0.3, -0.25) is 19.2 Å². The number of carbonyl (C=O) groups is 4. The Morgan fingerprint density at radius 2 is 1.76 bits per heavy atom. The second-order valence-electron chi connectivity index (χ2n) is 9.84. The van der Waals surface area contributed by atoms with Crippen LogP contribution in [0.4, 0.5) is 0 Å². The molecule has 1 aliphatic heterocycles. The molecule has 3 atom stereocenters. The van der Waals surface area contributed by atoms with Crippen molar-refractivity contribution in [3.8, 4) is 0 Å². The van der Waals surface area contributed by atoms with E-state index >= 15 is 0 Å². The van der Waals surface area contributed by atoms with E-state index in [0.29, 0.717) is 18.1 Å². The van der Waals surface area contributed by atoms with Crippen LogP contribution < -0.4 is 16.0 Å². The molecule has 12 heteroatoms. The molecule has 1 aromatic carbocycles. The van der Waals surface area contributed by atoms with Gasteiger partial charge in [0.15, 0.2) is 5.82 Å². The van der Waals surface area contributed by atoms with Crippen LogP contribution in [-0.2, 0) is 36.9 Å². The Hall–Kier alpha value is -3.80. The van der Waals surface area contributed by atoms with Crippen LogP contribution in [0.1, 0.15) is 44.0 Å². The molecule has 2 aromatic rings. The normalized spacial score (nSPS) is 21.6. The molecule has 12 nitrogen and oxygen atoms in total. The van der Waals surface area contributed by atoms with Crippen LogP contribution in [0, 0.1) is 12.8 Å². The van der Waals surface area contributed by atoms with Crippen LogP contribution in [0.3, 0.4) is 0 Å². The van der Waals surface area contributed by atoms with E-state index in [1.165, 1.54) is 16.7 Å². The fourth-order valence-corrected chi connectivity index (χ4v) is 4.24. The summed E-state index contributed by atoms with van der Waals surface area (Å²) in [6.45, 7) is 6.57. The Morgan fingerprint density at radius 1 is 1.08 bits per heavy atom. The minimum Gasteiger partial charge on any atom is -0.375 e. The van der Waals surface area contributed by atoms with E-state index in [4.69, 9.17) is 4.74 Å². The van der Waals surface area contributed by atoms with Crippen LogP contribution in [0.2, 0.25) is 0 Å². The summed E-state index contributed by atoms with van der Waals surface area (Å²) in [5, 5.41) is 13.0. The topological polar surface area (TPSA) is 148 Å². The van der Waals surface area contributed by atoms with Gasteiger partial charge in [-0.15, -0.1) is 0 Å². The van der Waals surface area contributed by atoms with Crippen molar-refractivity contribution in [3.63, 3.8) is 0 Å². The number of nitrogens with one attached hydrogen (secondary N) is 3. The van der Waals surface area contributed by atoms with Gasteiger partial charge in [0.1, 0.15) is 25.0 Å². The maximum Gasteiger partial charge on any atom is 0.249 e. The highest BCUT2D eigenvalue weighted by molar-refractivity contribution is 5.88. The molecule has 3 N–H and O–H groups in total. The molecule has 0 aliphatic carbocycles. The molecule has 0 spiro atoms. The minimum absolute atomic E-state index is 0.0543. The van der Waals surface area contributed by atoms with Crippen molar-refractivity contribution in [1.82, 2.24) is 35.6 Å². The first kappa shape index (κ1) is 28.8. The number of aromatic nitrogens is 3. The van der Waals surface area contributed by atoms with Gasteiger partial charge >= 0.3 is 0 Å². The standard InChI is InChI=1S/C26H37N7O5/c1-16(2)21-12-32(24(36)15-38-5)13-22(34)29-20(11-19-9-7-6-8-10-19)25-28-18(4)31-33(25)14-23(35)27-17(3)26(37)30-21/h6-10,16-17,20-21H,11-15H2,1-5H3,(H,27,35)(H,29,34)(H,30,37)/t17-,20+,21-/m1/s1. The molecule has 0 radical (unpaired) electrons. The summed E-state index contributed by atoms with van der Waals surface area (Å²) >= 11 is 0. The van der Waals surface area contributed by atoms with Gasteiger partial charge in [-0.1, -0.05) is 44.2 Å². The molecule has 0 fully saturated rings. The predicted molar refractivity (Wildman–Crippen MR) is 139 cm³/mol. The molecule has 4 amide bonds. The smallest absolute Gasteiger partial charge is 0.249 e. The summed E-state index contributed by atoms with van der Waals surface area (Å²) in [7, 11) is 1.41. The number of aryl methyl sites for hydroxylation is 1. The summed E-state index contributed by atoms with van der Waals surface area (Å²) in [5.41, 5.74) is 0.947. The molecule has 1 aliphatic rings. The highest BCUT2D eigenvalue weighted by Gasteiger charge is 2.29. The van der Waals surface area contributed by atoms with Crippen LogP contribution >= 0.6 is 0 Å². The van der Waals surface area contributed by atoms with Gasteiger partial charge < -0.3 is 25.6 Å². The second-order valence-corrected chi connectivity index (χ2v) is 9.84. The highest BCUT2D eigenvalue weighted by atomic mass is 16.5. The summed E-state index contributed by atoms with van der Waals surface area (Å²) in [6.07, 6.45) is 0.392. The molecule has 0 bridgehead atoms. The minimum atomic E-state index is -0.829. The van der Waals surface area contributed by atoms with E-state index in [9.17, 15) is 19.2 Å². The largest absolute Gasteiger partial charge is 0.375 e. The van der Waals surface area contributed by atoms with E-state index in [2.05, 4.69) is 26.0 Å². The van der Waals surface area contributed by atoms with Crippen molar-refractivity contribution in [1.29, 1.82) is 0 Å². The quantitative estimate of drug-likeness (QED) is 0.500. The first-order chi connectivity index (χ1) is 18.1.